The largest absolute Gasteiger partial charge is 0.306 e. The Kier molecular flexibility index (Phi) is 5.41. The average Bonchev–Trinajstić information content (AvgIpc) is 2.43. The Bertz CT molecular complexity index is 584. The predicted octanol–water partition coefficient (Wildman–Crippen LogP) is 4.79. The number of nitrogens with zero attached hydrogens (tertiary/aromatic N) is 1. The highest BCUT2D eigenvalue weighted by Gasteiger charge is 2.15. The van der Waals surface area contributed by atoms with Crippen molar-refractivity contribution in [3.05, 3.63) is 63.4 Å². The maximum atomic E-state index is 6.14. The maximum absolute atomic E-state index is 6.14. The number of hydrogen-bond acceptors (Lipinski definition) is 2. The molecule has 0 spiro atoms. The van der Waals surface area contributed by atoms with Crippen LogP contribution >= 0.6 is 23.2 Å². The lowest BCUT2D eigenvalue weighted by Gasteiger charge is -2.20. The van der Waals surface area contributed by atoms with Crippen molar-refractivity contribution in [1.29, 1.82) is 0 Å². The van der Waals surface area contributed by atoms with Gasteiger partial charge in [0.15, 0.2) is 0 Å². The van der Waals surface area contributed by atoms with Crippen molar-refractivity contribution in [3.8, 4) is 0 Å². The van der Waals surface area contributed by atoms with Gasteiger partial charge in [0.1, 0.15) is 0 Å². The molecule has 1 atom stereocenters. The molecular formula is C16H18Cl2N2. The molecule has 1 N–H and O–H groups in total. The third-order valence-electron chi connectivity index (χ3n) is 3.10. The van der Waals surface area contributed by atoms with Crippen LogP contribution in [0.5, 0.6) is 0 Å². The molecule has 1 aromatic carbocycles. The van der Waals surface area contributed by atoms with Crippen LogP contribution in [0.1, 0.15) is 36.1 Å². The summed E-state index contributed by atoms with van der Waals surface area (Å²) in [6.07, 6.45) is 4.81. The second-order valence-corrected chi connectivity index (χ2v) is 5.67. The molecule has 0 aliphatic heterocycles. The molecule has 0 aliphatic carbocycles. The predicted molar refractivity (Wildman–Crippen MR) is 85.6 cm³/mol. The molecule has 2 nitrogen and oxygen atoms in total. The summed E-state index contributed by atoms with van der Waals surface area (Å²) in [6, 6.07) is 7.98. The summed E-state index contributed by atoms with van der Waals surface area (Å²) in [5.74, 6) is 0. The van der Waals surface area contributed by atoms with Gasteiger partial charge in [0.2, 0.25) is 0 Å². The van der Waals surface area contributed by atoms with Gasteiger partial charge in [0, 0.05) is 12.4 Å². The minimum Gasteiger partial charge on any atom is -0.306 e. The lowest BCUT2D eigenvalue weighted by Crippen LogP contribution is -2.23. The van der Waals surface area contributed by atoms with E-state index in [2.05, 4.69) is 23.3 Å². The number of benzene rings is 1. The summed E-state index contributed by atoms with van der Waals surface area (Å²) in [5.41, 5.74) is 3.38. The molecule has 0 fully saturated rings. The summed E-state index contributed by atoms with van der Waals surface area (Å²) >= 11 is 12.1. The van der Waals surface area contributed by atoms with Crippen LogP contribution in [-0.4, -0.2) is 11.5 Å². The van der Waals surface area contributed by atoms with Crippen molar-refractivity contribution in [2.45, 2.75) is 26.3 Å². The Morgan fingerprint density at radius 1 is 1.10 bits per heavy atom. The standard InChI is InChI=1S/C16H18Cl2N2/c1-3-6-20-16(13-7-11(2)9-19-10-13)12-4-5-14(17)15(18)8-12/h4-5,7-10,16,20H,3,6H2,1-2H3. The summed E-state index contributed by atoms with van der Waals surface area (Å²) in [5, 5.41) is 4.69. The fraction of sp³-hybridized carbons (Fsp3) is 0.312. The van der Waals surface area contributed by atoms with E-state index in [0.717, 1.165) is 29.7 Å². The van der Waals surface area contributed by atoms with Gasteiger partial charge < -0.3 is 5.32 Å². The molecule has 4 heteroatoms. The van der Waals surface area contributed by atoms with Crippen LogP contribution < -0.4 is 5.32 Å². The SMILES string of the molecule is CCCNC(c1cncc(C)c1)c1ccc(Cl)c(Cl)c1. The molecule has 0 bridgehead atoms. The van der Waals surface area contributed by atoms with Crippen LogP contribution in [0.4, 0.5) is 0 Å². The van der Waals surface area contributed by atoms with E-state index >= 15 is 0 Å². The highest BCUT2D eigenvalue weighted by Crippen LogP contribution is 2.29. The third-order valence-corrected chi connectivity index (χ3v) is 3.84. The first-order valence-corrected chi connectivity index (χ1v) is 7.47. The Labute approximate surface area is 130 Å². The smallest absolute Gasteiger partial charge is 0.0595 e. The number of hydrogen-bond donors (Lipinski definition) is 1. The van der Waals surface area contributed by atoms with Crippen LogP contribution in [0.15, 0.2) is 36.7 Å². The van der Waals surface area contributed by atoms with Crippen molar-refractivity contribution in [2.75, 3.05) is 6.54 Å². The molecule has 1 aromatic heterocycles. The summed E-state index contributed by atoms with van der Waals surface area (Å²) < 4.78 is 0. The number of aryl methyl sites for hydroxylation is 1. The lowest BCUT2D eigenvalue weighted by atomic mass is 9.99. The molecular weight excluding hydrogens is 291 g/mol. The second kappa shape index (κ2) is 7.07. The minimum atomic E-state index is 0.0807. The van der Waals surface area contributed by atoms with E-state index in [0.29, 0.717) is 10.0 Å². The molecule has 1 unspecified atom stereocenters. The average molecular weight is 309 g/mol. The zero-order valence-corrected chi connectivity index (χ0v) is 13.2. The first kappa shape index (κ1) is 15.3. The Morgan fingerprint density at radius 3 is 2.55 bits per heavy atom. The normalized spacial score (nSPS) is 12.4. The Balaban J connectivity index is 2.38. The molecule has 20 heavy (non-hydrogen) atoms. The van der Waals surface area contributed by atoms with Crippen molar-refractivity contribution < 1.29 is 0 Å². The van der Waals surface area contributed by atoms with E-state index in [-0.39, 0.29) is 6.04 Å². The van der Waals surface area contributed by atoms with E-state index in [1.54, 1.807) is 0 Å². The lowest BCUT2D eigenvalue weighted by molar-refractivity contribution is 0.597. The molecule has 2 rings (SSSR count). The first-order valence-electron chi connectivity index (χ1n) is 6.71. The van der Waals surface area contributed by atoms with E-state index in [1.807, 2.05) is 37.5 Å². The van der Waals surface area contributed by atoms with E-state index in [9.17, 15) is 0 Å². The van der Waals surface area contributed by atoms with Gasteiger partial charge in [-0.3, -0.25) is 4.98 Å². The van der Waals surface area contributed by atoms with Crippen LogP contribution in [0.25, 0.3) is 0 Å². The van der Waals surface area contributed by atoms with Crippen LogP contribution in [0.2, 0.25) is 10.0 Å². The van der Waals surface area contributed by atoms with Gasteiger partial charge >= 0.3 is 0 Å². The number of pyridine rings is 1. The van der Waals surface area contributed by atoms with E-state index in [4.69, 9.17) is 23.2 Å². The zero-order chi connectivity index (χ0) is 14.5. The van der Waals surface area contributed by atoms with Gasteiger partial charge in [-0.05, 0) is 48.7 Å². The van der Waals surface area contributed by atoms with Gasteiger partial charge in [-0.25, -0.2) is 0 Å². The molecule has 1 heterocycles. The monoisotopic (exact) mass is 308 g/mol. The fourth-order valence-corrected chi connectivity index (χ4v) is 2.45. The number of nitrogens with one attached hydrogen (secondary N) is 1. The molecule has 106 valence electrons. The van der Waals surface area contributed by atoms with Gasteiger partial charge in [0.05, 0.1) is 16.1 Å². The third kappa shape index (κ3) is 3.72. The summed E-state index contributed by atoms with van der Waals surface area (Å²) in [7, 11) is 0. The maximum Gasteiger partial charge on any atom is 0.0595 e. The summed E-state index contributed by atoms with van der Waals surface area (Å²) in [4.78, 5) is 4.28. The molecule has 0 aliphatic rings. The molecule has 0 amide bonds. The summed E-state index contributed by atoms with van der Waals surface area (Å²) in [6.45, 7) is 5.12. The zero-order valence-electron chi connectivity index (χ0n) is 11.7. The highest BCUT2D eigenvalue weighted by molar-refractivity contribution is 6.42. The van der Waals surface area contributed by atoms with Crippen LogP contribution in [-0.2, 0) is 0 Å². The van der Waals surface area contributed by atoms with Crippen LogP contribution in [0, 0.1) is 6.92 Å². The molecule has 0 saturated carbocycles. The fourth-order valence-electron chi connectivity index (χ4n) is 2.14. The first-order chi connectivity index (χ1) is 9.61. The van der Waals surface area contributed by atoms with Crippen molar-refractivity contribution in [2.24, 2.45) is 0 Å². The van der Waals surface area contributed by atoms with E-state index in [1.165, 1.54) is 0 Å². The van der Waals surface area contributed by atoms with Gasteiger partial charge in [0.25, 0.3) is 0 Å². The minimum absolute atomic E-state index is 0.0807. The quantitative estimate of drug-likeness (QED) is 0.859. The van der Waals surface area contributed by atoms with Crippen molar-refractivity contribution in [3.63, 3.8) is 0 Å². The number of halogens is 2. The Morgan fingerprint density at radius 2 is 1.90 bits per heavy atom. The number of aromatic nitrogens is 1. The molecule has 0 radical (unpaired) electrons. The van der Waals surface area contributed by atoms with Gasteiger partial charge in [-0.15, -0.1) is 0 Å². The van der Waals surface area contributed by atoms with Gasteiger partial charge in [-0.2, -0.15) is 0 Å². The molecule has 0 saturated heterocycles. The van der Waals surface area contributed by atoms with E-state index < -0.39 is 0 Å². The molecule has 2 aromatic rings. The van der Waals surface area contributed by atoms with Crippen molar-refractivity contribution >= 4 is 23.2 Å². The number of rotatable bonds is 5. The van der Waals surface area contributed by atoms with Crippen LogP contribution in [0.3, 0.4) is 0 Å². The van der Waals surface area contributed by atoms with Crippen molar-refractivity contribution in [1.82, 2.24) is 10.3 Å². The van der Waals surface area contributed by atoms with Gasteiger partial charge in [-0.1, -0.05) is 42.3 Å². The Hall–Kier alpha value is -1.09. The second-order valence-electron chi connectivity index (χ2n) is 4.86. The highest BCUT2D eigenvalue weighted by atomic mass is 35.5. The topological polar surface area (TPSA) is 24.9 Å².